The van der Waals surface area contributed by atoms with Gasteiger partial charge < -0.3 is 4.74 Å². The molecule has 0 amide bonds. The summed E-state index contributed by atoms with van der Waals surface area (Å²) in [5, 5.41) is 15.1. The highest BCUT2D eigenvalue weighted by molar-refractivity contribution is 5.38. The van der Waals surface area contributed by atoms with Gasteiger partial charge in [-0.15, -0.1) is 0 Å². The zero-order valence-electron chi connectivity index (χ0n) is 16.8. The summed E-state index contributed by atoms with van der Waals surface area (Å²) in [5.41, 5.74) is 2.24. The lowest BCUT2D eigenvalue weighted by Crippen LogP contribution is -2.24. The highest BCUT2D eigenvalue weighted by atomic mass is 16.6. The van der Waals surface area contributed by atoms with Crippen molar-refractivity contribution in [3.05, 3.63) is 116 Å². The van der Waals surface area contributed by atoms with Crippen LogP contribution in [0.4, 0.5) is 5.69 Å². The molecule has 0 aliphatic carbocycles. The molecule has 0 unspecified atom stereocenters. The summed E-state index contributed by atoms with van der Waals surface area (Å²) in [7, 11) is 0. The van der Waals surface area contributed by atoms with Crippen molar-refractivity contribution in [1.29, 1.82) is 0 Å². The number of nitrogens with zero attached hydrogens (tertiary/aromatic N) is 4. The average Bonchev–Trinajstić information content (AvgIpc) is 3.06. The van der Waals surface area contributed by atoms with E-state index in [2.05, 4.69) is 5.10 Å². The molecular weight excluding hydrogens is 396 g/mol. The minimum absolute atomic E-state index is 0.00683. The van der Waals surface area contributed by atoms with Crippen molar-refractivity contribution >= 4 is 5.69 Å². The molecule has 1 aromatic heterocycles. The van der Waals surface area contributed by atoms with E-state index >= 15 is 0 Å². The first-order chi connectivity index (χ1) is 15.0. The van der Waals surface area contributed by atoms with Gasteiger partial charge in [-0.05, 0) is 42.3 Å². The lowest BCUT2D eigenvalue weighted by molar-refractivity contribution is -0.384. The number of non-ortho nitro benzene ring substituents is 1. The summed E-state index contributed by atoms with van der Waals surface area (Å²) in [6.07, 6.45) is 0. The maximum Gasteiger partial charge on any atom is 0.350 e. The fourth-order valence-corrected chi connectivity index (χ4v) is 3.24. The van der Waals surface area contributed by atoms with Crippen molar-refractivity contribution in [3.8, 4) is 11.4 Å². The van der Waals surface area contributed by atoms with Gasteiger partial charge in [0.15, 0.2) is 0 Å². The Kier molecular flexibility index (Phi) is 5.61. The quantitative estimate of drug-likeness (QED) is 0.337. The largest absolute Gasteiger partial charge is 0.489 e. The molecule has 0 radical (unpaired) electrons. The first kappa shape index (κ1) is 20.1. The van der Waals surface area contributed by atoms with Crippen LogP contribution in [0.1, 0.15) is 17.0 Å². The summed E-state index contributed by atoms with van der Waals surface area (Å²) in [6, 6.07) is 23.2. The summed E-state index contributed by atoms with van der Waals surface area (Å²) < 4.78 is 8.66. The molecule has 0 aliphatic rings. The Labute approximate surface area is 178 Å². The number of hydrogen-bond acceptors (Lipinski definition) is 5. The van der Waals surface area contributed by atoms with E-state index in [1.165, 1.54) is 21.4 Å². The third-order valence-electron chi connectivity index (χ3n) is 4.82. The molecule has 8 heteroatoms. The van der Waals surface area contributed by atoms with Crippen molar-refractivity contribution in [2.45, 2.75) is 20.1 Å². The van der Waals surface area contributed by atoms with E-state index in [1.807, 2.05) is 54.6 Å². The highest BCUT2D eigenvalue weighted by Gasteiger charge is 2.13. The topological polar surface area (TPSA) is 92.2 Å². The van der Waals surface area contributed by atoms with Gasteiger partial charge in [0.25, 0.3) is 5.69 Å². The lowest BCUT2D eigenvalue weighted by atomic mass is 10.2. The van der Waals surface area contributed by atoms with Crippen LogP contribution in [-0.4, -0.2) is 19.3 Å². The van der Waals surface area contributed by atoms with E-state index in [-0.39, 0.29) is 17.9 Å². The van der Waals surface area contributed by atoms with E-state index < -0.39 is 4.92 Å². The van der Waals surface area contributed by atoms with Crippen molar-refractivity contribution in [2.24, 2.45) is 0 Å². The third-order valence-corrected chi connectivity index (χ3v) is 4.82. The fraction of sp³-hybridized carbons (Fsp3) is 0.130. The van der Waals surface area contributed by atoms with Gasteiger partial charge in [0.2, 0.25) is 0 Å². The number of aromatic nitrogens is 3. The van der Waals surface area contributed by atoms with Crippen LogP contribution in [0.5, 0.6) is 5.75 Å². The number of ether oxygens (including phenoxy) is 1. The number of rotatable bonds is 7. The standard InChI is InChI=1S/C23H20N4O4/c1-17-24-25(15-18-7-9-21(10-8-18)27(29)30)23(28)26(17)20-11-13-22(14-12-20)31-16-19-5-3-2-4-6-19/h2-14H,15-16H2,1H3. The second-order valence-corrected chi connectivity index (χ2v) is 7.01. The summed E-state index contributed by atoms with van der Waals surface area (Å²) >= 11 is 0. The van der Waals surface area contributed by atoms with E-state index in [9.17, 15) is 14.9 Å². The van der Waals surface area contributed by atoms with Crippen LogP contribution in [0, 0.1) is 17.0 Å². The van der Waals surface area contributed by atoms with Gasteiger partial charge in [-0.2, -0.15) is 5.10 Å². The number of hydrogen-bond donors (Lipinski definition) is 0. The molecule has 0 atom stereocenters. The van der Waals surface area contributed by atoms with Crippen LogP contribution < -0.4 is 10.4 Å². The zero-order valence-corrected chi connectivity index (χ0v) is 16.8. The molecule has 0 spiro atoms. The van der Waals surface area contributed by atoms with Crippen LogP contribution in [0.15, 0.2) is 83.7 Å². The number of aryl methyl sites for hydroxylation is 1. The second-order valence-electron chi connectivity index (χ2n) is 7.01. The molecule has 8 nitrogen and oxygen atoms in total. The molecular formula is C23H20N4O4. The molecule has 3 aromatic carbocycles. The van der Waals surface area contributed by atoms with Gasteiger partial charge >= 0.3 is 5.69 Å². The molecule has 0 aliphatic heterocycles. The Morgan fingerprint density at radius 3 is 2.26 bits per heavy atom. The number of benzene rings is 3. The summed E-state index contributed by atoms with van der Waals surface area (Å²) in [4.78, 5) is 23.2. The summed E-state index contributed by atoms with van der Waals surface area (Å²) in [6.45, 7) is 2.45. The van der Waals surface area contributed by atoms with Gasteiger partial charge in [-0.25, -0.2) is 14.0 Å². The van der Waals surface area contributed by atoms with Crippen LogP contribution >= 0.6 is 0 Å². The molecule has 4 rings (SSSR count). The monoisotopic (exact) mass is 416 g/mol. The Bertz CT molecular complexity index is 1240. The van der Waals surface area contributed by atoms with Crippen LogP contribution in [0.2, 0.25) is 0 Å². The maximum absolute atomic E-state index is 12.9. The van der Waals surface area contributed by atoms with E-state index in [0.29, 0.717) is 23.9 Å². The second kappa shape index (κ2) is 8.66. The predicted octanol–water partition coefficient (Wildman–Crippen LogP) is 3.88. The number of nitro benzene ring substituents is 1. The van der Waals surface area contributed by atoms with Crippen molar-refractivity contribution in [1.82, 2.24) is 14.3 Å². The third kappa shape index (κ3) is 4.53. The average molecular weight is 416 g/mol. The van der Waals surface area contributed by atoms with Gasteiger partial charge in [0.1, 0.15) is 18.2 Å². The lowest BCUT2D eigenvalue weighted by Gasteiger charge is -2.08. The molecule has 31 heavy (non-hydrogen) atoms. The Hall–Kier alpha value is -4.20. The highest BCUT2D eigenvalue weighted by Crippen LogP contribution is 2.17. The molecule has 0 saturated heterocycles. The minimum atomic E-state index is -0.456. The number of nitro groups is 1. The maximum atomic E-state index is 12.9. The SMILES string of the molecule is Cc1nn(Cc2ccc([N+](=O)[O-])cc2)c(=O)n1-c1ccc(OCc2ccccc2)cc1. The van der Waals surface area contributed by atoms with Gasteiger partial charge in [-0.1, -0.05) is 42.5 Å². The Morgan fingerprint density at radius 1 is 0.935 bits per heavy atom. The first-order valence-electron chi connectivity index (χ1n) is 9.68. The summed E-state index contributed by atoms with van der Waals surface area (Å²) in [5.74, 6) is 1.25. The molecule has 156 valence electrons. The molecule has 0 N–H and O–H groups in total. The van der Waals surface area contributed by atoms with E-state index in [4.69, 9.17) is 4.74 Å². The molecule has 0 saturated carbocycles. The normalized spacial score (nSPS) is 10.7. The Morgan fingerprint density at radius 2 is 1.61 bits per heavy atom. The van der Waals surface area contributed by atoms with E-state index in [0.717, 1.165) is 11.1 Å². The first-order valence-corrected chi connectivity index (χ1v) is 9.68. The van der Waals surface area contributed by atoms with Crippen molar-refractivity contribution < 1.29 is 9.66 Å². The van der Waals surface area contributed by atoms with Crippen LogP contribution in [0.3, 0.4) is 0 Å². The minimum Gasteiger partial charge on any atom is -0.489 e. The molecule has 1 heterocycles. The Balaban J connectivity index is 1.50. The molecule has 4 aromatic rings. The van der Waals surface area contributed by atoms with Crippen molar-refractivity contribution in [2.75, 3.05) is 0 Å². The van der Waals surface area contributed by atoms with Crippen molar-refractivity contribution in [3.63, 3.8) is 0 Å². The van der Waals surface area contributed by atoms with Gasteiger partial charge in [-0.3, -0.25) is 10.1 Å². The zero-order chi connectivity index (χ0) is 21.8. The molecule has 0 fully saturated rings. The van der Waals surface area contributed by atoms with Gasteiger partial charge in [0, 0.05) is 12.1 Å². The van der Waals surface area contributed by atoms with Gasteiger partial charge in [0.05, 0.1) is 17.2 Å². The fourth-order valence-electron chi connectivity index (χ4n) is 3.24. The predicted molar refractivity (Wildman–Crippen MR) is 116 cm³/mol. The van der Waals surface area contributed by atoms with E-state index in [1.54, 1.807) is 19.1 Å². The smallest absolute Gasteiger partial charge is 0.350 e. The molecule has 0 bridgehead atoms. The van der Waals surface area contributed by atoms with Crippen LogP contribution in [-0.2, 0) is 13.2 Å². The van der Waals surface area contributed by atoms with Crippen LogP contribution in [0.25, 0.3) is 5.69 Å².